The van der Waals surface area contributed by atoms with Gasteiger partial charge in [-0.3, -0.25) is 0 Å². The first-order valence-corrected chi connectivity index (χ1v) is 6.81. The molecule has 2 aromatic carbocycles. The smallest absolute Gasteiger partial charge is 0.342 e. The van der Waals surface area contributed by atoms with E-state index in [4.69, 9.17) is 10.5 Å². The minimum atomic E-state index is -1.64. The number of esters is 1. The summed E-state index contributed by atoms with van der Waals surface area (Å²) in [5.74, 6) is -0.648. The summed E-state index contributed by atoms with van der Waals surface area (Å²) in [5.41, 5.74) is 7.23. The maximum atomic E-state index is 11.8. The molecule has 0 amide bonds. The number of carbonyl (C=O) groups excluding carboxylic acids is 1. The topological polar surface area (TPSA) is 72.5 Å². The fraction of sp³-hybridized carbons (Fsp3) is 0.235. The Balaban J connectivity index is 2.26. The van der Waals surface area contributed by atoms with Crippen molar-refractivity contribution in [3.05, 3.63) is 54.1 Å². The molecule has 4 heteroatoms. The van der Waals surface area contributed by atoms with Crippen LogP contribution < -0.4 is 5.73 Å². The van der Waals surface area contributed by atoms with E-state index in [1.54, 1.807) is 19.1 Å². The highest BCUT2D eigenvalue weighted by Crippen LogP contribution is 2.26. The second kappa shape index (κ2) is 5.97. The van der Waals surface area contributed by atoms with Gasteiger partial charge in [0.2, 0.25) is 0 Å². The monoisotopic (exact) mass is 285 g/mol. The Morgan fingerprint density at radius 3 is 2.05 bits per heavy atom. The minimum absolute atomic E-state index is 0.235. The number of anilines is 1. The van der Waals surface area contributed by atoms with E-state index in [0.29, 0.717) is 11.3 Å². The molecule has 0 aliphatic carbocycles. The third kappa shape index (κ3) is 3.23. The Labute approximate surface area is 124 Å². The number of benzene rings is 2. The van der Waals surface area contributed by atoms with E-state index < -0.39 is 11.6 Å². The van der Waals surface area contributed by atoms with Gasteiger partial charge in [0, 0.05) is 5.69 Å². The number of nitrogens with two attached hydrogens (primary N) is 1. The first kappa shape index (κ1) is 15.1. The van der Waals surface area contributed by atoms with Gasteiger partial charge < -0.3 is 15.6 Å². The lowest BCUT2D eigenvalue weighted by Crippen LogP contribution is -2.34. The summed E-state index contributed by atoms with van der Waals surface area (Å²) in [6, 6.07) is 14.7. The molecule has 0 aliphatic rings. The number of aliphatic hydroxyl groups is 1. The van der Waals surface area contributed by atoms with Crippen molar-refractivity contribution in [1.29, 1.82) is 0 Å². The zero-order chi connectivity index (χ0) is 15.5. The van der Waals surface area contributed by atoms with Crippen LogP contribution >= 0.6 is 0 Å². The average molecular weight is 285 g/mol. The second-order valence-electron chi connectivity index (χ2n) is 4.99. The Kier molecular flexibility index (Phi) is 4.29. The highest BCUT2D eigenvalue weighted by Gasteiger charge is 2.33. The van der Waals surface area contributed by atoms with Gasteiger partial charge in [-0.1, -0.05) is 36.4 Å². The van der Waals surface area contributed by atoms with Crippen molar-refractivity contribution >= 4 is 11.7 Å². The summed E-state index contributed by atoms with van der Waals surface area (Å²) in [6.45, 7) is 3.37. The maximum Gasteiger partial charge on any atom is 0.342 e. The van der Waals surface area contributed by atoms with Crippen LogP contribution in [0.5, 0.6) is 0 Å². The largest absolute Gasteiger partial charge is 0.464 e. The molecule has 1 unspecified atom stereocenters. The van der Waals surface area contributed by atoms with Crippen LogP contribution in [0.3, 0.4) is 0 Å². The molecule has 110 valence electrons. The Morgan fingerprint density at radius 2 is 1.57 bits per heavy atom. The normalized spacial score (nSPS) is 13.5. The third-order valence-corrected chi connectivity index (χ3v) is 3.36. The van der Waals surface area contributed by atoms with Crippen LogP contribution in [0.2, 0.25) is 0 Å². The summed E-state index contributed by atoms with van der Waals surface area (Å²) in [5, 5.41) is 10.3. The minimum Gasteiger partial charge on any atom is -0.464 e. The van der Waals surface area contributed by atoms with Gasteiger partial charge in [-0.15, -0.1) is 0 Å². The van der Waals surface area contributed by atoms with E-state index in [0.717, 1.165) is 11.1 Å². The molecule has 0 heterocycles. The Bertz CT molecular complexity index is 615. The lowest BCUT2D eigenvalue weighted by atomic mass is 9.94. The van der Waals surface area contributed by atoms with Gasteiger partial charge >= 0.3 is 5.97 Å². The van der Waals surface area contributed by atoms with Crippen LogP contribution in [-0.2, 0) is 15.1 Å². The van der Waals surface area contributed by atoms with Gasteiger partial charge in [0.05, 0.1) is 6.61 Å². The molecular formula is C17H19NO3. The number of ether oxygens (including phenoxy) is 1. The van der Waals surface area contributed by atoms with Crippen molar-refractivity contribution in [2.45, 2.75) is 19.4 Å². The van der Waals surface area contributed by atoms with Crippen molar-refractivity contribution in [2.75, 3.05) is 12.3 Å². The van der Waals surface area contributed by atoms with E-state index in [9.17, 15) is 9.90 Å². The molecule has 4 nitrogen and oxygen atoms in total. The van der Waals surface area contributed by atoms with Crippen molar-refractivity contribution < 1.29 is 14.6 Å². The van der Waals surface area contributed by atoms with Gasteiger partial charge in [-0.25, -0.2) is 4.79 Å². The number of hydrogen-bond donors (Lipinski definition) is 2. The molecule has 0 spiro atoms. The number of carbonyl (C=O) groups is 1. The second-order valence-corrected chi connectivity index (χ2v) is 4.99. The first-order chi connectivity index (χ1) is 9.95. The summed E-state index contributed by atoms with van der Waals surface area (Å²) in [4.78, 5) is 11.8. The van der Waals surface area contributed by atoms with Gasteiger partial charge in [-0.05, 0) is 42.7 Å². The van der Waals surface area contributed by atoms with Crippen LogP contribution in [0, 0.1) is 0 Å². The molecule has 0 saturated carbocycles. The van der Waals surface area contributed by atoms with Crippen LogP contribution in [0.25, 0.3) is 11.1 Å². The van der Waals surface area contributed by atoms with E-state index >= 15 is 0 Å². The molecule has 21 heavy (non-hydrogen) atoms. The predicted octanol–water partition coefficient (Wildman–Crippen LogP) is 2.71. The summed E-state index contributed by atoms with van der Waals surface area (Å²) in [7, 11) is 0. The molecule has 0 bridgehead atoms. The highest BCUT2D eigenvalue weighted by molar-refractivity contribution is 5.81. The number of hydrogen-bond acceptors (Lipinski definition) is 4. The molecule has 0 aromatic heterocycles. The van der Waals surface area contributed by atoms with E-state index in [1.807, 2.05) is 36.4 Å². The van der Waals surface area contributed by atoms with E-state index in [2.05, 4.69) is 0 Å². The predicted molar refractivity (Wildman–Crippen MR) is 82.5 cm³/mol. The van der Waals surface area contributed by atoms with E-state index in [-0.39, 0.29) is 6.61 Å². The summed E-state index contributed by atoms with van der Waals surface area (Å²) in [6.07, 6.45) is 0. The number of nitrogen functional groups attached to an aromatic ring is 1. The molecular weight excluding hydrogens is 266 g/mol. The molecule has 3 N–H and O–H groups in total. The summed E-state index contributed by atoms with van der Waals surface area (Å²) < 4.78 is 4.89. The van der Waals surface area contributed by atoms with Crippen LogP contribution in [0.4, 0.5) is 5.69 Å². The number of rotatable bonds is 4. The van der Waals surface area contributed by atoms with Crippen LogP contribution in [-0.4, -0.2) is 17.7 Å². The molecule has 0 saturated heterocycles. The molecule has 0 fully saturated rings. The van der Waals surface area contributed by atoms with Crippen molar-refractivity contribution in [3.63, 3.8) is 0 Å². The van der Waals surface area contributed by atoms with Gasteiger partial charge in [0.15, 0.2) is 5.60 Å². The third-order valence-electron chi connectivity index (χ3n) is 3.36. The van der Waals surface area contributed by atoms with Crippen LogP contribution in [0.15, 0.2) is 48.5 Å². The Hall–Kier alpha value is -2.33. The van der Waals surface area contributed by atoms with Crippen molar-refractivity contribution in [3.8, 4) is 11.1 Å². The van der Waals surface area contributed by atoms with Gasteiger partial charge in [0.25, 0.3) is 0 Å². The standard InChI is InChI=1S/C17H19NO3/c1-3-21-16(19)17(2,20)14-8-4-12(5-9-14)13-6-10-15(18)11-7-13/h4-11,20H,3,18H2,1-2H3. The molecule has 0 radical (unpaired) electrons. The lowest BCUT2D eigenvalue weighted by molar-refractivity contribution is -0.164. The summed E-state index contributed by atoms with van der Waals surface area (Å²) >= 11 is 0. The quantitative estimate of drug-likeness (QED) is 0.669. The molecule has 0 aliphatic heterocycles. The Morgan fingerprint density at radius 1 is 1.10 bits per heavy atom. The molecule has 2 rings (SSSR count). The van der Waals surface area contributed by atoms with E-state index in [1.165, 1.54) is 6.92 Å². The fourth-order valence-corrected chi connectivity index (χ4v) is 2.05. The SMILES string of the molecule is CCOC(=O)C(C)(O)c1ccc(-c2ccc(N)cc2)cc1. The lowest BCUT2D eigenvalue weighted by Gasteiger charge is -2.21. The average Bonchev–Trinajstić information content (AvgIpc) is 2.48. The zero-order valence-electron chi connectivity index (χ0n) is 12.2. The molecule has 1 atom stereocenters. The maximum absolute atomic E-state index is 11.8. The van der Waals surface area contributed by atoms with Crippen molar-refractivity contribution in [1.82, 2.24) is 0 Å². The zero-order valence-corrected chi connectivity index (χ0v) is 12.2. The first-order valence-electron chi connectivity index (χ1n) is 6.81. The molecule has 2 aromatic rings. The van der Waals surface area contributed by atoms with Crippen LogP contribution in [0.1, 0.15) is 19.4 Å². The highest BCUT2D eigenvalue weighted by atomic mass is 16.5. The fourth-order valence-electron chi connectivity index (χ4n) is 2.05. The van der Waals surface area contributed by atoms with Crippen molar-refractivity contribution in [2.24, 2.45) is 0 Å². The van der Waals surface area contributed by atoms with Gasteiger partial charge in [0.1, 0.15) is 0 Å². The van der Waals surface area contributed by atoms with Gasteiger partial charge in [-0.2, -0.15) is 0 Å².